The highest BCUT2D eigenvalue weighted by molar-refractivity contribution is 6.15. The summed E-state index contributed by atoms with van der Waals surface area (Å²) >= 11 is 0. The van der Waals surface area contributed by atoms with Crippen LogP contribution in [0.2, 0.25) is 0 Å². The van der Waals surface area contributed by atoms with Crippen LogP contribution in [0.3, 0.4) is 0 Å². The van der Waals surface area contributed by atoms with E-state index < -0.39 is 0 Å². The third-order valence-corrected chi connectivity index (χ3v) is 8.60. The summed E-state index contributed by atoms with van der Waals surface area (Å²) < 4.78 is 5.00. The molecule has 2 heteroatoms. The molecule has 2 heterocycles. The fourth-order valence-electron chi connectivity index (χ4n) is 6.87. The van der Waals surface area contributed by atoms with Gasteiger partial charge >= 0.3 is 0 Å². The van der Waals surface area contributed by atoms with Crippen LogP contribution in [0.15, 0.2) is 127 Å². The van der Waals surface area contributed by atoms with Crippen molar-refractivity contribution < 1.29 is 0 Å². The lowest BCUT2D eigenvalue weighted by Gasteiger charge is -2.25. The van der Waals surface area contributed by atoms with Crippen molar-refractivity contribution in [2.75, 3.05) is 0 Å². The molecule has 1 aliphatic carbocycles. The van der Waals surface area contributed by atoms with Crippen LogP contribution in [0.25, 0.3) is 60.4 Å². The van der Waals surface area contributed by atoms with Crippen LogP contribution in [0.5, 0.6) is 0 Å². The average Bonchev–Trinajstić information content (AvgIpc) is 3.50. The summed E-state index contributed by atoms with van der Waals surface area (Å²) in [6, 6.07) is 42.7. The summed E-state index contributed by atoms with van der Waals surface area (Å²) in [6.07, 6.45) is 7.15. The van der Waals surface area contributed by atoms with Crippen molar-refractivity contribution in [1.29, 1.82) is 0 Å². The summed E-state index contributed by atoms with van der Waals surface area (Å²) in [4.78, 5) is 0. The Morgan fingerprint density at radius 3 is 2.13 bits per heavy atom. The molecule has 39 heavy (non-hydrogen) atoms. The van der Waals surface area contributed by atoms with Gasteiger partial charge in [-0.25, -0.2) is 0 Å². The fourth-order valence-corrected chi connectivity index (χ4v) is 6.87. The number of para-hydroxylation sites is 4. The van der Waals surface area contributed by atoms with Crippen molar-refractivity contribution in [3.8, 4) is 16.8 Å². The van der Waals surface area contributed by atoms with E-state index >= 15 is 0 Å². The Bertz CT molecular complexity index is 2040. The number of benzene rings is 5. The highest BCUT2D eigenvalue weighted by Gasteiger charge is 2.22. The molecular weight excluding hydrogens is 472 g/mol. The minimum atomic E-state index is 0.394. The molecule has 0 fully saturated rings. The van der Waals surface area contributed by atoms with E-state index in [1.165, 1.54) is 73.3 Å². The zero-order valence-corrected chi connectivity index (χ0v) is 22.1. The van der Waals surface area contributed by atoms with Gasteiger partial charge in [0.25, 0.3) is 0 Å². The second-order valence-corrected chi connectivity index (χ2v) is 11.1. The second-order valence-electron chi connectivity index (χ2n) is 11.1. The molecule has 0 bridgehead atoms. The molecule has 0 N–H and O–H groups in total. The Hall–Kier alpha value is -4.56. The van der Waals surface area contributed by atoms with Crippen molar-refractivity contribution in [3.63, 3.8) is 0 Å². The van der Waals surface area contributed by atoms with Crippen molar-refractivity contribution in [1.82, 2.24) is 9.13 Å². The van der Waals surface area contributed by atoms with Gasteiger partial charge in [-0.2, -0.15) is 0 Å². The van der Waals surface area contributed by atoms with Gasteiger partial charge in [-0.15, -0.1) is 0 Å². The standard InChI is InChI=1S/C37H30N2/c1-25-11-9-14-28(23-25)38-34-19-7-6-16-31(34)33-24-26(21-22-36(33)38)29-17-10-18-32-30-15-5-8-20-35(30)39(37(29)32)27-12-3-2-4-13-27/h2-10,12-22,24-25,28H,11,23H2,1H3. The van der Waals surface area contributed by atoms with Gasteiger partial charge in [0.15, 0.2) is 0 Å². The highest BCUT2D eigenvalue weighted by atomic mass is 15.0. The Labute approximate surface area is 228 Å². The van der Waals surface area contributed by atoms with Gasteiger partial charge in [-0.3, -0.25) is 0 Å². The highest BCUT2D eigenvalue weighted by Crippen LogP contribution is 2.41. The number of nitrogens with zero attached hydrogens (tertiary/aromatic N) is 2. The van der Waals surface area contributed by atoms with Gasteiger partial charge in [0, 0.05) is 43.8 Å². The van der Waals surface area contributed by atoms with Crippen LogP contribution in [0.1, 0.15) is 25.8 Å². The Morgan fingerprint density at radius 2 is 1.31 bits per heavy atom. The van der Waals surface area contributed by atoms with Crippen LogP contribution in [-0.2, 0) is 0 Å². The van der Waals surface area contributed by atoms with Gasteiger partial charge in [0.1, 0.15) is 0 Å². The van der Waals surface area contributed by atoms with Crippen molar-refractivity contribution in [3.05, 3.63) is 127 Å². The molecule has 7 aromatic rings. The predicted octanol–water partition coefficient (Wildman–Crippen LogP) is 10.1. The number of aromatic nitrogens is 2. The van der Waals surface area contributed by atoms with E-state index in [0.717, 1.165) is 0 Å². The van der Waals surface area contributed by atoms with Crippen LogP contribution >= 0.6 is 0 Å². The number of hydrogen-bond acceptors (Lipinski definition) is 0. The predicted molar refractivity (Wildman–Crippen MR) is 166 cm³/mol. The molecule has 0 radical (unpaired) electrons. The summed E-state index contributed by atoms with van der Waals surface area (Å²) in [5, 5.41) is 5.23. The zero-order chi connectivity index (χ0) is 25.9. The number of hydrogen-bond donors (Lipinski definition) is 0. The monoisotopic (exact) mass is 502 g/mol. The maximum atomic E-state index is 2.57. The smallest absolute Gasteiger partial charge is 0.0619 e. The Kier molecular flexibility index (Phi) is 5.03. The number of allylic oxidation sites excluding steroid dienone is 2. The van der Waals surface area contributed by atoms with Crippen molar-refractivity contribution in [2.24, 2.45) is 5.92 Å². The molecule has 8 rings (SSSR count). The Morgan fingerprint density at radius 1 is 0.615 bits per heavy atom. The van der Waals surface area contributed by atoms with Gasteiger partial charge in [0.05, 0.1) is 17.1 Å². The molecule has 0 spiro atoms. The molecule has 0 saturated carbocycles. The van der Waals surface area contributed by atoms with E-state index in [4.69, 9.17) is 0 Å². The second kappa shape index (κ2) is 8.74. The lowest BCUT2D eigenvalue weighted by atomic mass is 9.92. The molecule has 0 saturated heterocycles. The largest absolute Gasteiger partial charge is 0.333 e. The van der Waals surface area contributed by atoms with Gasteiger partial charge in [0.2, 0.25) is 0 Å². The molecule has 0 amide bonds. The minimum absolute atomic E-state index is 0.394. The maximum Gasteiger partial charge on any atom is 0.0619 e. The first-order valence-electron chi connectivity index (χ1n) is 14.1. The van der Waals surface area contributed by atoms with Crippen LogP contribution in [0.4, 0.5) is 0 Å². The first-order valence-corrected chi connectivity index (χ1v) is 14.1. The normalized spacial score (nSPS) is 17.6. The van der Waals surface area contributed by atoms with E-state index in [2.05, 4.69) is 143 Å². The molecule has 2 nitrogen and oxygen atoms in total. The molecule has 2 unspecified atom stereocenters. The number of fused-ring (bicyclic) bond motifs is 6. The SMILES string of the molecule is CC1CC=CC(n2c3ccccc3c3cc(-c4cccc5c6ccccc6n(-c6ccccc6)c45)ccc32)C1. The molecule has 0 aliphatic heterocycles. The first-order chi connectivity index (χ1) is 19.3. The summed E-state index contributed by atoms with van der Waals surface area (Å²) in [6.45, 7) is 2.37. The minimum Gasteiger partial charge on any atom is -0.333 e. The van der Waals surface area contributed by atoms with E-state index in [1.807, 2.05) is 0 Å². The van der Waals surface area contributed by atoms with Crippen molar-refractivity contribution in [2.45, 2.75) is 25.8 Å². The van der Waals surface area contributed by atoms with E-state index in [1.54, 1.807) is 0 Å². The van der Waals surface area contributed by atoms with E-state index in [-0.39, 0.29) is 0 Å². The lowest BCUT2D eigenvalue weighted by Crippen LogP contribution is -2.13. The summed E-state index contributed by atoms with van der Waals surface area (Å²) in [5.41, 5.74) is 8.84. The van der Waals surface area contributed by atoms with Crippen LogP contribution < -0.4 is 0 Å². The maximum absolute atomic E-state index is 2.57. The third kappa shape index (κ3) is 3.41. The molecule has 5 aromatic carbocycles. The van der Waals surface area contributed by atoms with E-state index in [9.17, 15) is 0 Å². The quantitative estimate of drug-likeness (QED) is 0.213. The Balaban J connectivity index is 1.42. The van der Waals surface area contributed by atoms with Gasteiger partial charge < -0.3 is 9.13 Å². The molecule has 1 aliphatic rings. The molecular formula is C37H30N2. The topological polar surface area (TPSA) is 9.86 Å². The summed E-state index contributed by atoms with van der Waals surface area (Å²) in [7, 11) is 0. The van der Waals surface area contributed by atoms with Gasteiger partial charge in [-0.1, -0.05) is 97.9 Å². The summed E-state index contributed by atoms with van der Waals surface area (Å²) in [5.74, 6) is 0.702. The first kappa shape index (κ1) is 22.4. The molecule has 188 valence electrons. The lowest BCUT2D eigenvalue weighted by molar-refractivity contribution is 0.431. The average molecular weight is 503 g/mol. The fraction of sp³-hybridized carbons (Fsp3) is 0.135. The van der Waals surface area contributed by atoms with Crippen LogP contribution in [-0.4, -0.2) is 9.13 Å². The number of rotatable bonds is 3. The zero-order valence-electron chi connectivity index (χ0n) is 22.1. The molecule has 2 aromatic heterocycles. The third-order valence-electron chi connectivity index (χ3n) is 8.60. The van der Waals surface area contributed by atoms with Gasteiger partial charge in [-0.05, 0) is 60.7 Å². The molecule has 2 atom stereocenters. The van der Waals surface area contributed by atoms with Crippen LogP contribution in [0, 0.1) is 5.92 Å². The van der Waals surface area contributed by atoms with Crippen molar-refractivity contribution >= 4 is 43.6 Å². The van der Waals surface area contributed by atoms with E-state index in [0.29, 0.717) is 12.0 Å².